The van der Waals surface area contributed by atoms with E-state index in [2.05, 4.69) is 10.1 Å². The van der Waals surface area contributed by atoms with Crippen molar-refractivity contribution in [2.24, 2.45) is 0 Å². The topological polar surface area (TPSA) is 58.6 Å². The number of hydrogen-bond acceptors (Lipinski definition) is 4. The molecule has 4 heteroatoms. The molecule has 2 aromatic carbocycles. The van der Waals surface area contributed by atoms with Gasteiger partial charge in [-0.1, -0.05) is 36.4 Å². The van der Waals surface area contributed by atoms with Crippen molar-refractivity contribution in [1.82, 2.24) is 5.32 Å². The summed E-state index contributed by atoms with van der Waals surface area (Å²) in [6, 6.07) is 10.9. The van der Waals surface area contributed by atoms with Crippen molar-refractivity contribution >= 4 is 16.7 Å². The molecular formula is C16H19NO3. The first-order chi connectivity index (χ1) is 9.54. The van der Waals surface area contributed by atoms with Crippen LogP contribution in [-0.4, -0.2) is 24.2 Å². The molecule has 20 heavy (non-hydrogen) atoms. The molecule has 0 saturated carbocycles. The highest BCUT2D eigenvalue weighted by Gasteiger charge is 2.19. The van der Waals surface area contributed by atoms with Crippen molar-refractivity contribution in [3.63, 3.8) is 0 Å². The van der Waals surface area contributed by atoms with E-state index in [1.807, 2.05) is 43.3 Å². The van der Waals surface area contributed by atoms with E-state index >= 15 is 0 Å². The van der Waals surface area contributed by atoms with Crippen LogP contribution in [0.3, 0.4) is 0 Å². The third-order valence-electron chi connectivity index (χ3n) is 3.45. The van der Waals surface area contributed by atoms with Crippen LogP contribution in [0.1, 0.15) is 25.5 Å². The second kappa shape index (κ2) is 5.92. The van der Waals surface area contributed by atoms with Gasteiger partial charge in [-0.2, -0.15) is 0 Å². The largest absolute Gasteiger partial charge is 0.507 e. The van der Waals surface area contributed by atoms with Crippen molar-refractivity contribution in [3.8, 4) is 5.75 Å². The number of rotatable bonds is 4. The summed E-state index contributed by atoms with van der Waals surface area (Å²) in [6.07, 6.45) is 0. The Bertz CT molecular complexity index is 624. The highest BCUT2D eigenvalue weighted by molar-refractivity contribution is 5.89. The Labute approximate surface area is 118 Å². The van der Waals surface area contributed by atoms with Crippen molar-refractivity contribution in [2.75, 3.05) is 7.11 Å². The Morgan fingerprint density at radius 2 is 1.90 bits per heavy atom. The predicted octanol–water partition coefficient (Wildman–Crippen LogP) is 2.76. The average Bonchev–Trinajstić information content (AvgIpc) is 2.46. The van der Waals surface area contributed by atoms with Crippen LogP contribution in [0, 0.1) is 0 Å². The quantitative estimate of drug-likeness (QED) is 0.841. The monoisotopic (exact) mass is 273 g/mol. The SMILES string of the molecule is COC(=O)C(C)NC(C)c1ccc2ccccc2c1O. The predicted molar refractivity (Wildman–Crippen MR) is 78.6 cm³/mol. The van der Waals surface area contributed by atoms with E-state index in [4.69, 9.17) is 0 Å². The molecule has 0 aliphatic carbocycles. The molecule has 2 N–H and O–H groups in total. The van der Waals surface area contributed by atoms with Crippen LogP contribution in [0.5, 0.6) is 5.75 Å². The Balaban J connectivity index is 2.28. The fraction of sp³-hybridized carbons (Fsp3) is 0.312. The van der Waals surface area contributed by atoms with Gasteiger partial charge < -0.3 is 9.84 Å². The highest BCUT2D eigenvalue weighted by atomic mass is 16.5. The highest BCUT2D eigenvalue weighted by Crippen LogP contribution is 2.32. The molecule has 0 spiro atoms. The molecule has 0 bridgehead atoms. The minimum atomic E-state index is -0.430. The second-order valence-electron chi connectivity index (χ2n) is 4.86. The number of fused-ring (bicyclic) bond motifs is 1. The van der Waals surface area contributed by atoms with Gasteiger partial charge >= 0.3 is 5.97 Å². The maximum absolute atomic E-state index is 11.4. The van der Waals surface area contributed by atoms with E-state index in [9.17, 15) is 9.90 Å². The molecule has 2 aromatic rings. The number of nitrogens with one attached hydrogen (secondary N) is 1. The number of methoxy groups -OCH3 is 1. The van der Waals surface area contributed by atoms with Crippen molar-refractivity contribution in [1.29, 1.82) is 0 Å². The smallest absolute Gasteiger partial charge is 0.322 e. The summed E-state index contributed by atoms with van der Waals surface area (Å²) in [5, 5.41) is 15.3. The van der Waals surface area contributed by atoms with E-state index in [0.717, 1.165) is 16.3 Å². The lowest BCUT2D eigenvalue weighted by molar-refractivity contribution is -0.142. The molecule has 0 heterocycles. The Morgan fingerprint density at radius 1 is 1.20 bits per heavy atom. The lowest BCUT2D eigenvalue weighted by Gasteiger charge is -2.20. The molecule has 0 aromatic heterocycles. The molecule has 0 fully saturated rings. The van der Waals surface area contributed by atoms with E-state index in [1.54, 1.807) is 6.92 Å². The molecule has 0 saturated heterocycles. The third kappa shape index (κ3) is 2.75. The molecule has 0 aliphatic rings. The lowest BCUT2D eigenvalue weighted by Crippen LogP contribution is -2.36. The van der Waals surface area contributed by atoms with E-state index in [-0.39, 0.29) is 17.8 Å². The van der Waals surface area contributed by atoms with Gasteiger partial charge in [-0.15, -0.1) is 0 Å². The Hall–Kier alpha value is -2.07. The summed E-state index contributed by atoms with van der Waals surface area (Å²) in [6.45, 7) is 3.64. The van der Waals surface area contributed by atoms with Crippen LogP contribution in [-0.2, 0) is 9.53 Å². The number of aromatic hydroxyl groups is 1. The molecule has 2 rings (SSSR count). The fourth-order valence-corrected chi connectivity index (χ4v) is 2.33. The standard InChI is InChI=1S/C16H19NO3/c1-10(17-11(2)16(19)20-3)13-9-8-12-6-4-5-7-14(12)15(13)18/h4-11,17-18H,1-3H3. The number of benzene rings is 2. The number of ether oxygens (including phenoxy) is 1. The number of phenolic OH excluding ortho intramolecular Hbond substituents is 1. The van der Waals surface area contributed by atoms with Gasteiger partial charge in [-0.3, -0.25) is 10.1 Å². The maximum Gasteiger partial charge on any atom is 0.322 e. The zero-order valence-electron chi connectivity index (χ0n) is 11.9. The van der Waals surface area contributed by atoms with Crippen LogP contribution < -0.4 is 5.32 Å². The molecule has 0 radical (unpaired) electrons. The van der Waals surface area contributed by atoms with Gasteiger partial charge in [0.25, 0.3) is 0 Å². The molecular weight excluding hydrogens is 254 g/mol. The average molecular weight is 273 g/mol. The fourth-order valence-electron chi connectivity index (χ4n) is 2.33. The third-order valence-corrected chi connectivity index (χ3v) is 3.45. The summed E-state index contributed by atoms with van der Waals surface area (Å²) in [5.41, 5.74) is 0.763. The van der Waals surface area contributed by atoms with Gasteiger partial charge in [0.05, 0.1) is 7.11 Å². The first-order valence-electron chi connectivity index (χ1n) is 6.59. The van der Waals surface area contributed by atoms with Crippen molar-refractivity contribution in [2.45, 2.75) is 25.9 Å². The first-order valence-corrected chi connectivity index (χ1v) is 6.59. The van der Waals surface area contributed by atoms with Crippen LogP contribution in [0.2, 0.25) is 0 Å². The molecule has 0 amide bonds. The minimum Gasteiger partial charge on any atom is -0.507 e. The number of hydrogen-bond donors (Lipinski definition) is 2. The first kappa shape index (κ1) is 14.3. The summed E-state index contributed by atoms with van der Waals surface area (Å²) < 4.78 is 4.69. The van der Waals surface area contributed by atoms with Gasteiger partial charge in [0, 0.05) is 17.0 Å². The Kier molecular flexibility index (Phi) is 4.25. The molecule has 4 nitrogen and oxygen atoms in total. The number of carbonyl (C=O) groups is 1. The number of esters is 1. The van der Waals surface area contributed by atoms with Crippen LogP contribution >= 0.6 is 0 Å². The van der Waals surface area contributed by atoms with Gasteiger partial charge in [-0.05, 0) is 19.2 Å². The summed E-state index contributed by atoms with van der Waals surface area (Å²) >= 11 is 0. The van der Waals surface area contributed by atoms with E-state index in [0.29, 0.717) is 0 Å². The van der Waals surface area contributed by atoms with Gasteiger partial charge in [0.2, 0.25) is 0 Å². The lowest BCUT2D eigenvalue weighted by atomic mass is 10.0. The summed E-state index contributed by atoms with van der Waals surface area (Å²) in [4.78, 5) is 11.4. The zero-order chi connectivity index (χ0) is 14.7. The van der Waals surface area contributed by atoms with E-state index < -0.39 is 6.04 Å². The van der Waals surface area contributed by atoms with Gasteiger partial charge in [0.15, 0.2) is 0 Å². The summed E-state index contributed by atoms with van der Waals surface area (Å²) in [5.74, 6) is -0.0719. The second-order valence-corrected chi connectivity index (χ2v) is 4.86. The maximum atomic E-state index is 11.4. The molecule has 2 unspecified atom stereocenters. The number of phenols is 1. The van der Waals surface area contributed by atoms with Crippen LogP contribution in [0.4, 0.5) is 0 Å². The van der Waals surface area contributed by atoms with Crippen LogP contribution in [0.15, 0.2) is 36.4 Å². The molecule has 106 valence electrons. The van der Waals surface area contributed by atoms with Crippen LogP contribution in [0.25, 0.3) is 10.8 Å². The Morgan fingerprint density at radius 3 is 2.60 bits per heavy atom. The molecule has 2 atom stereocenters. The van der Waals surface area contributed by atoms with Crippen molar-refractivity contribution < 1.29 is 14.6 Å². The number of carbonyl (C=O) groups excluding carboxylic acids is 1. The molecule has 0 aliphatic heterocycles. The summed E-state index contributed by atoms with van der Waals surface area (Å²) in [7, 11) is 1.36. The normalized spacial score (nSPS) is 13.9. The van der Waals surface area contributed by atoms with E-state index in [1.165, 1.54) is 7.11 Å². The minimum absolute atomic E-state index is 0.159. The zero-order valence-corrected chi connectivity index (χ0v) is 11.9. The van der Waals surface area contributed by atoms with Crippen molar-refractivity contribution in [3.05, 3.63) is 42.0 Å². The van der Waals surface area contributed by atoms with Gasteiger partial charge in [0.1, 0.15) is 11.8 Å². The van der Waals surface area contributed by atoms with Gasteiger partial charge in [-0.25, -0.2) is 0 Å².